The van der Waals surface area contributed by atoms with Gasteiger partial charge in [-0.3, -0.25) is 0 Å². The monoisotopic (exact) mass is 511 g/mol. The fourth-order valence-corrected chi connectivity index (χ4v) is 6.63. The molecule has 184 valence electrons. The van der Waals surface area contributed by atoms with Crippen LogP contribution in [0.15, 0.2) is 130 Å². The number of nitrogens with zero attached hydrogens (tertiary/aromatic N) is 1. The van der Waals surface area contributed by atoms with E-state index in [0.29, 0.717) is 0 Å². The first kappa shape index (κ1) is 22.7. The maximum Gasteiger partial charge on any atom is 0.346 e. The van der Waals surface area contributed by atoms with Crippen LogP contribution in [-0.2, 0) is 0 Å². The van der Waals surface area contributed by atoms with Crippen LogP contribution in [0.3, 0.4) is 0 Å². The van der Waals surface area contributed by atoms with Crippen molar-refractivity contribution in [3.05, 3.63) is 132 Å². The first-order chi connectivity index (χ1) is 18.7. The SMILES string of the molecule is Cc1ccc(N(c2ccc(C)cc2)p2oc3ccc4ccccc4c3c3c(ccc4ccccc43)o2)cc1. The van der Waals surface area contributed by atoms with Crippen molar-refractivity contribution in [1.29, 1.82) is 0 Å². The summed E-state index contributed by atoms with van der Waals surface area (Å²) >= 11 is 0. The molecule has 0 aliphatic rings. The Kier molecular flexibility index (Phi) is 5.46. The van der Waals surface area contributed by atoms with Gasteiger partial charge in [-0.25, -0.2) is 4.67 Å². The second kappa shape index (κ2) is 9.13. The van der Waals surface area contributed by atoms with Crippen LogP contribution in [0.5, 0.6) is 0 Å². The quantitative estimate of drug-likeness (QED) is 0.236. The molecule has 1 aromatic heterocycles. The summed E-state index contributed by atoms with van der Waals surface area (Å²) in [5.41, 5.74) is 6.13. The zero-order chi connectivity index (χ0) is 25.6. The van der Waals surface area contributed by atoms with E-state index in [9.17, 15) is 0 Å². The van der Waals surface area contributed by atoms with E-state index in [1.54, 1.807) is 0 Å². The Labute approximate surface area is 222 Å². The number of hydrogen-bond donors (Lipinski definition) is 0. The van der Waals surface area contributed by atoms with Crippen molar-refractivity contribution < 1.29 is 8.39 Å². The molecule has 3 nitrogen and oxygen atoms in total. The second-order valence-corrected chi connectivity index (χ2v) is 11.0. The van der Waals surface area contributed by atoms with Gasteiger partial charge in [0, 0.05) is 10.8 Å². The molecule has 0 spiro atoms. The molecule has 0 atom stereocenters. The Hall–Kier alpha value is -4.46. The van der Waals surface area contributed by atoms with Crippen molar-refractivity contribution in [2.75, 3.05) is 4.67 Å². The van der Waals surface area contributed by atoms with Gasteiger partial charge >= 0.3 is 8.16 Å². The fraction of sp³-hybridized carbons (Fsp3) is 0.0588. The molecular weight excluding hydrogens is 485 g/mol. The molecule has 0 saturated heterocycles. The summed E-state index contributed by atoms with van der Waals surface area (Å²) in [6.07, 6.45) is 0. The van der Waals surface area contributed by atoms with Gasteiger partial charge in [-0.05, 0) is 71.8 Å². The lowest BCUT2D eigenvalue weighted by Crippen LogP contribution is -2.05. The summed E-state index contributed by atoms with van der Waals surface area (Å²) in [7, 11) is -1.58. The predicted octanol–water partition coefficient (Wildman–Crippen LogP) is 10.8. The summed E-state index contributed by atoms with van der Waals surface area (Å²) in [5.74, 6) is 0. The van der Waals surface area contributed by atoms with Gasteiger partial charge in [0.1, 0.15) is 11.2 Å². The summed E-state index contributed by atoms with van der Waals surface area (Å²) in [4.78, 5) is 0. The molecule has 38 heavy (non-hydrogen) atoms. The van der Waals surface area contributed by atoms with Crippen LogP contribution in [0.1, 0.15) is 11.1 Å². The Morgan fingerprint density at radius 1 is 0.474 bits per heavy atom. The highest BCUT2D eigenvalue weighted by Crippen LogP contribution is 2.47. The average molecular weight is 512 g/mol. The summed E-state index contributed by atoms with van der Waals surface area (Å²) in [6, 6.07) is 42.5. The van der Waals surface area contributed by atoms with E-state index in [-0.39, 0.29) is 0 Å². The maximum atomic E-state index is 6.90. The fourth-order valence-electron chi connectivity index (χ4n) is 5.15. The van der Waals surface area contributed by atoms with Crippen LogP contribution in [0.25, 0.3) is 43.5 Å². The molecule has 0 fully saturated rings. The number of anilines is 2. The van der Waals surface area contributed by atoms with Gasteiger partial charge in [0.15, 0.2) is 0 Å². The van der Waals surface area contributed by atoms with Crippen LogP contribution in [-0.4, -0.2) is 0 Å². The van der Waals surface area contributed by atoms with Crippen LogP contribution in [0.4, 0.5) is 11.4 Å². The molecule has 6 aromatic carbocycles. The summed E-state index contributed by atoms with van der Waals surface area (Å²) in [6.45, 7) is 4.21. The number of hydrogen-bond acceptors (Lipinski definition) is 3. The lowest BCUT2D eigenvalue weighted by molar-refractivity contribution is 0.640. The standard InChI is InChI=1S/C34H26NO2P/c1-23-11-17-27(18-12-23)35(28-19-13-24(2)14-20-28)38-36-31-21-15-25-7-3-5-9-29(25)33(31)34-30-10-6-4-8-26(30)16-22-32(34)37-38/h3-22H,1-2H3. The van der Waals surface area contributed by atoms with Crippen LogP contribution in [0, 0.1) is 13.8 Å². The molecule has 0 aliphatic heterocycles. The molecule has 1 heterocycles. The van der Waals surface area contributed by atoms with E-state index in [2.05, 4.69) is 140 Å². The molecule has 0 unspecified atom stereocenters. The average Bonchev–Trinajstić information content (AvgIpc) is 3.12. The van der Waals surface area contributed by atoms with Crippen molar-refractivity contribution in [3.63, 3.8) is 0 Å². The lowest BCUT2D eigenvalue weighted by atomic mass is 9.99. The maximum absolute atomic E-state index is 6.90. The van der Waals surface area contributed by atoms with Gasteiger partial charge in [0.05, 0.1) is 11.4 Å². The minimum atomic E-state index is -1.58. The van der Waals surface area contributed by atoms with Gasteiger partial charge in [-0.15, -0.1) is 0 Å². The lowest BCUT2D eigenvalue weighted by Gasteiger charge is -2.21. The van der Waals surface area contributed by atoms with Gasteiger partial charge in [-0.2, -0.15) is 0 Å². The topological polar surface area (TPSA) is 29.5 Å². The Bertz CT molecular complexity index is 1850. The molecule has 0 radical (unpaired) electrons. The van der Waals surface area contributed by atoms with E-state index >= 15 is 0 Å². The zero-order valence-electron chi connectivity index (χ0n) is 21.3. The van der Waals surface area contributed by atoms with Gasteiger partial charge in [0.25, 0.3) is 0 Å². The first-order valence-electron chi connectivity index (χ1n) is 12.8. The van der Waals surface area contributed by atoms with Gasteiger partial charge in [-0.1, -0.05) is 96.1 Å². The number of benzene rings is 6. The summed E-state index contributed by atoms with van der Waals surface area (Å²) in [5, 5.41) is 6.81. The molecule has 0 aliphatic carbocycles. The molecule has 4 heteroatoms. The van der Waals surface area contributed by atoms with Crippen LogP contribution in [0.2, 0.25) is 0 Å². The van der Waals surface area contributed by atoms with Gasteiger partial charge in [0.2, 0.25) is 0 Å². The molecule has 0 bridgehead atoms. The Balaban J connectivity index is 1.65. The number of aryl methyl sites for hydroxylation is 2. The van der Waals surface area contributed by atoms with Crippen LogP contribution >= 0.6 is 8.16 Å². The number of rotatable bonds is 3. The van der Waals surface area contributed by atoms with Crippen molar-refractivity contribution in [2.45, 2.75) is 13.8 Å². The normalized spacial score (nSPS) is 11.4. The van der Waals surface area contributed by atoms with E-state index in [0.717, 1.165) is 44.1 Å². The third-order valence-electron chi connectivity index (χ3n) is 7.10. The third kappa shape index (κ3) is 3.84. The van der Waals surface area contributed by atoms with E-state index in [1.165, 1.54) is 21.9 Å². The largest absolute Gasteiger partial charge is 0.403 e. The molecule has 7 aromatic rings. The van der Waals surface area contributed by atoms with E-state index in [4.69, 9.17) is 8.39 Å². The van der Waals surface area contributed by atoms with E-state index < -0.39 is 8.16 Å². The summed E-state index contributed by atoms with van der Waals surface area (Å²) < 4.78 is 16.0. The van der Waals surface area contributed by atoms with Crippen molar-refractivity contribution in [2.24, 2.45) is 0 Å². The van der Waals surface area contributed by atoms with Crippen molar-refractivity contribution >= 4 is 63.0 Å². The Morgan fingerprint density at radius 3 is 1.34 bits per heavy atom. The van der Waals surface area contributed by atoms with Crippen LogP contribution < -0.4 is 4.67 Å². The molecule has 0 amide bonds. The highest BCUT2D eigenvalue weighted by Gasteiger charge is 2.20. The highest BCUT2D eigenvalue weighted by molar-refractivity contribution is 7.40. The third-order valence-corrected chi connectivity index (χ3v) is 8.60. The molecule has 7 rings (SSSR count). The first-order valence-corrected chi connectivity index (χ1v) is 13.9. The minimum absolute atomic E-state index is 0.828. The van der Waals surface area contributed by atoms with E-state index in [1.807, 2.05) is 0 Å². The molecular formula is C34H26NO2P. The number of fused-ring (bicyclic) bond motifs is 7. The Morgan fingerprint density at radius 2 is 0.895 bits per heavy atom. The minimum Gasteiger partial charge on any atom is -0.403 e. The van der Waals surface area contributed by atoms with Crippen molar-refractivity contribution in [3.8, 4) is 0 Å². The highest BCUT2D eigenvalue weighted by atomic mass is 31.1. The van der Waals surface area contributed by atoms with Crippen molar-refractivity contribution in [1.82, 2.24) is 0 Å². The zero-order valence-corrected chi connectivity index (χ0v) is 22.2. The predicted molar refractivity (Wildman–Crippen MR) is 161 cm³/mol. The second-order valence-electron chi connectivity index (χ2n) is 9.72. The van der Waals surface area contributed by atoms with Gasteiger partial charge < -0.3 is 8.39 Å². The smallest absolute Gasteiger partial charge is 0.346 e. The molecule has 0 N–H and O–H groups in total. The molecule has 0 saturated carbocycles.